The Labute approximate surface area is 128 Å². The van der Waals surface area contributed by atoms with E-state index in [0.29, 0.717) is 17.5 Å². The Hall–Kier alpha value is -2.41. The van der Waals surface area contributed by atoms with Crippen molar-refractivity contribution in [2.24, 2.45) is 11.7 Å². The first-order valence-corrected chi connectivity index (χ1v) is 7.02. The highest BCUT2D eigenvalue weighted by Crippen LogP contribution is 2.26. The molecule has 7 heteroatoms. The molecule has 1 heterocycles. The van der Waals surface area contributed by atoms with Crippen LogP contribution in [0.4, 0.5) is 0 Å². The fourth-order valence-corrected chi connectivity index (χ4v) is 1.85. The van der Waals surface area contributed by atoms with Crippen LogP contribution >= 0.6 is 0 Å². The van der Waals surface area contributed by atoms with Gasteiger partial charge in [0, 0.05) is 0 Å². The highest BCUT2D eigenvalue weighted by atomic mass is 16.5. The standard InChI is InChI=1S/C15H20N4O3/c1-9(2)13(16)15(20)17-8-12-18-14(19-22-12)10-6-4-5-7-11(10)21-3/h4-7,9,13H,8,16H2,1-3H3,(H,17,20)/t13-/m0/s1. The summed E-state index contributed by atoms with van der Waals surface area (Å²) < 4.78 is 10.4. The maximum absolute atomic E-state index is 11.8. The van der Waals surface area contributed by atoms with Gasteiger partial charge in [-0.3, -0.25) is 4.79 Å². The molecule has 0 spiro atoms. The number of nitrogens with zero attached hydrogens (tertiary/aromatic N) is 2. The molecule has 7 nitrogen and oxygen atoms in total. The second-order valence-corrected chi connectivity index (χ2v) is 5.20. The number of nitrogens with one attached hydrogen (secondary N) is 1. The van der Waals surface area contributed by atoms with Gasteiger partial charge in [-0.1, -0.05) is 31.1 Å². The number of ether oxygens (including phenoxy) is 1. The van der Waals surface area contributed by atoms with Gasteiger partial charge in [-0.25, -0.2) is 0 Å². The SMILES string of the molecule is COc1ccccc1-c1noc(CNC(=O)[C@@H](N)C(C)C)n1. The Kier molecular flexibility index (Phi) is 5.11. The number of carbonyl (C=O) groups is 1. The maximum atomic E-state index is 11.8. The molecule has 0 fully saturated rings. The van der Waals surface area contributed by atoms with E-state index < -0.39 is 6.04 Å². The zero-order valence-electron chi connectivity index (χ0n) is 12.9. The first kappa shape index (κ1) is 16.0. The van der Waals surface area contributed by atoms with E-state index in [1.807, 2.05) is 38.1 Å². The molecule has 1 amide bonds. The number of carbonyl (C=O) groups excluding carboxylic acids is 1. The first-order valence-electron chi connectivity index (χ1n) is 7.02. The predicted molar refractivity (Wildman–Crippen MR) is 80.9 cm³/mol. The monoisotopic (exact) mass is 304 g/mol. The van der Waals surface area contributed by atoms with Crippen LogP contribution in [-0.2, 0) is 11.3 Å². The number of aromatic nitrogens is 2. The van der Waals surface area contributed by atoms with E-state index in [2.05, 4.69) is 15.5 Å². The lowest BCUT2D eigenvalue weighted by molar-refractivity contribution is -0.123. The molecular weight excluding hydrogens is 284 g/mol. The molecular formula is C15H20N4O3. The van der Waals surface area contributed by atoms with Crippen molar-refractivity contribution >= 4 is 5.91 Å². The van der Waals surface area contributed by atoms with Gasteiger partial charge in [-0.2, -0.15) is 4.98 Å². The molecule has 3 N–H and O–H groups in total. The molecule has 2 aromatic rings. The number of hydrogen-bond acceptors (Lipinski definition) is 6. The third-order valence-corrected chi connectivity index (χ3v) is 3.25. The second-order valence-electron chi connectivity index (χ2n) is 5.20. The van der Waals surface area contributed by atoms with Gasteiger partial charge < -0.3 is 20.3 Å². The minimum Gasteiger partial charge on any atom is -0.496 e. The van der Waals surface area contributed by atoms with Gasteiger partial charge in [-0.05, 0) is 18.1 Å². The van der Waals surface area contributed by atoms with Crippen LogP contribution < -0.4 is 15.8 Å². The maximum Gasteiger partial charge on any atom is 0.246 e. The van der Waals surface area contributed by atoms with Crippen molar-refractivity contribution < 1.29 is 14.1 Å². The van der Waals surface area contributed by atoms with Crippen LogP contribution in [0.15, 0.2) is 28.8 Å². The van der Waals surface area contributed by atoms with Gasteiger partial charge >= 0.3 is 0 Å². The Balaban J connectivity index is 2.04. The molecule has 1 atom stereocenters. The molecule has 118 valence electrons. The van der Waals surface area contributed by atoms with Crippen molar-refractivity contribution in [2.75, 3.05) is 7.11 Å². The molecule has 0 aliphatic heterocycles. The Morgan fingerprint density at radius 3 is 2.82 bits per heavy atom. The lowest BCUT2D eigenvalue weighted by Crippen LogP contribution is -2.43. The predicted octanol–water partition coefficient (Wildman–Crippen LogP) is 1.34. The number of methoxy groups -OCH3 is 1. The molecule has 0 saturated carbocycles. The number of nitrogens with two attached hydrogens (primary N) is 1. The molecule has 0 unspecified atom stereocenters. The van der Waals surface area contributed by atoms with Crippen molar-refractivity contribution in [3.63, 3.8) is 0 Å². The average molecular weight is 304 g/mol. The van der Waals surface area contributed by atoms with Crippen LogP contribution in [0, 0.1) is 5.92 Å². The van der Waals surface area contributed by atoms with Gasteiger partial charge in [0.1, 0.15) is 5.75 Å². The van der Waals surface area contributed by atoms with E-state index in [1.54, 1.807) is 7.11 Å². The van der Waals surface area contributed by atoms with E-state index in [0.717, 1.165) is 5.56 Å². The third-order valence-electron chi connectivity index (χ3n) is 3.25. The van der Waals surface area contributed by atoms with Gasteiger partial charge in [0.15, 0.2) is 0 Å². The zero-order valence-corrected chi connectivity index (χ0v) is 12.9. The molecule has 0 radical (unpaired) electrons. The Bertz CT molecular complexity index is 639. The van der Waals surface area contributed by atoms with E-state index >= 15 is 0 Å². The largest absolute Gasteiger partial charge is 0.496 e. The van der Waals surface area contributed by atoms with Crippen molar-refractivity contribution in [3.8, 4) is 17.1 Å². The topological polar surface area (TPSA) is 103 Å². The molecule has 1 aromatic heterocycles. The number of para-hydroxylation sites is 1. The van der Waals surface area contributed by atoms with Gasteiger partial charge in [0.05, 0.1) is 25.3 Å². The third kappa shape index (κ3) is 3.62. The summed E-state index contributed by atoms with van der Waals surface area (Å²) in [6, 6.07) is 6.81. The van der Waals surface area contributed by atoms with E-state index in [1.165, 1.54) is 0 Å². The smallest absolute Gasteiger partial charge is 0.246 e. The van der Waals surface area contributed by atoms with Crippen LogP contribution in [-0.4, -0.2) is 29.2 Å². The summed E-state index contributed by atoms with van der Waals surface area (Å²) in [5, 5.41) is 6.59. The summed E-state index contributed by atoms with van der Waals surface area (Å²) in [6.45, 7) is 3.91. The van der Waals surface area contributed by atoms with Gasteiger partial charge in [-0.15, -0.1) is 0 Å². The summed E-state index contributed by atoms with van der Waals surface area (Å²) in [7, 11) is 1.58. The molecule has 2 rings (SSSR count). The summed E-state index contributed by atoms with van der Waals surface area (Å²) in [6.07, 6.45) is 0. The minimum atomic E-state index is -0.559. The molecule has 22 heavy (non-hydrogen) atoms. The number of benzene rings is 1. The Morgan fingerprint density at radius 2 is 2.14 bits per heavy atom. The van der Waals surface area contributed by atoms with Crippen LogP contribution in [0.1, 0.15) is 19.7 Å². The van der Waals surface area contributed by atoms with Crippen LogP contribution in [0.25, 0.3) is 11.4 Å². The average Bonchev–Trinajstić information content (AvgIpc) is 3.00. The second kappa shape index (κ2) is 7.04. The summed E-state index contributed by atoms with van der Waals surface area (Å²) in [5.41, 5.74) is 6.49. The number of rotatable bonds is 6. The first-order chi connectivity index (χ1) is 10.5. The van der Waals surface area contributed by atoms with Crippen molar-refractivity contribution in [3.05, 3.63) is 30.2 Å². The highest BCUT2D eigenvalue weighted by molar-refractivity contribution is 5.81. The summed E-state index contributed by atoms with van der Waals surface area (Å²) >= 11 is 0. The molecule has 1 aromatic carbocycles. The van der Waals surface area contributed by atoms with Crippen LogP contribution in [0.2, 0.25) is 0 Å². The fraction of sp³-hybridized carbons (Fsp3) is 0.400. The van der Waals surface area contributed by atoms with Crippen LogP contribution in [0.5, 0.6) is 5.75 Å². The normalized spacial score (nSPS) is 12.2. The minimum absolute atomic E-state index is 0.0619. The molecule has 0 aliphatic carbocycles. The summed E-state index contributed by atoms with van der Waals surface area (Å²) in [4.78, 5) is 16.0. The van der Waals surface area contributed by atoms with Crippen molar-refractivity contribution in [1.29, 1.82) is 0 Å². The molecule has 0 saturated heterocycles. The summed E-state index contributed by atoms with van der Waals surface area (Å²) in [5.74, 6) is 1.19. The van der Waals surface area contributed by atoms with E-state index in [-0.39, 0.29) is 18.4 Å². The van der Waals surface area contributed by atoms with Crippen LogP contribution in [0.3, 0.4) is 0 Å². The fourth-order valence-electron chi connectivity index (χ4n) is 1.85. The lowest BCUT2D eigenvalue weighted by atomic mass is 10.1. The quantitative estimate of drug-likeness (QED) is 0.835. The van der Waals surface area contributed by atoms with Gasteiger partial charge in [0.25, 0.3) is 0 Å². The zero-order chi connectivity index (χ0) is 16.1. The van der Waals surface area contributed by atoms with Gasteiger partial charge in [0.2, 0.25) is 17.6 Å². The highest BCUT2D eigenvalue weighted by Gasteiger charge is 2.18. The number of hydrogen-bond donors (Lipinski definition) is 2. The molecule has 0 aliphatic rings. The molecule has 0 bridgehead atoms. The van der Waals surface area contributed by atoms with Crippen molar-refractivity contribution in [2.45, 2.75) is 26.4 Å². The van der Waals surface area contributed by atoms with E-state index in [4.69, 9.17) is 15.0 Å². The van der Waals surface area contributed by atoms with E-state index in [9.17, 15) is 4.79 Å². The van der Waals surface area contributed by atoms with Crippen molar-refractivity contribution in [1.82, 2.24) is 15.5 Å². The lowest BCUT2D eigenvalue weighted by Gasteiger charge is -2.14. The Morgan fingerprint density at radius 1 is 1.41 bits per heavy atom. The number of amides is 1.